The standard InChI is InChI=1S/C104H62Cl4N8O12/c105-81-73-77(85(117-61-37-13-1-14-38-61)93(125-69-53-29-9-30-54-69)89(81)121-65-45-21-5-22-46-65)101-109-97(73)114-102-79-75(83(107)91(123-67-49-25-7-26-50-67)95(127-71-57-33-11-34-58-71)87(79)119-63-41-17-3-18-42-63)99(111-102)116-104-80-76(84(108)92(124-68-51-27-8-28-52-68)96(128-72-59-35-12-36-60-72)88(80)120-64-43-19-4-20-44-64)100(112-104)115-103-78-74(98(110-103)113-101)82(106)90(122-66-47-23-6-24-48-66)94(126-70-55-31-10-32-56-70)86(78)118-62-39-15-2-16-40-62/h1-60H,(H2,109,110,111,112,113,114,115,116). The molecule has 128 heavy (non-hydrogen) atoms. The van der Waals surface area contributed by atoms with Gasteiger partial charge in [0, 0.05) is 0 Å². The number of benzene rings is 16. The Labute approximate surface area is 749 Å². The van der Waals surface area contributed by atoms with Gasteiger partial charge >= 0.3 is 0 Å². The molecule has 0 spiro atoms. The molecule has 21 rings (SSSR count). The zero-order chi connectivity index (χ0) is 86.0. The van der Waals surface area contributed by atoms with E-state index in [1.807, 2.05) is 218 Å². The van der Waals surface area contributed by atoms with Gasteiger partial charge in [-0.3, -0.25) is 0 Å². The maximum Gasteiger partial charge on any atom is 0.214 e. The monoisotopic (exact) mass is 1750 g/mol. The molecule has 20 nitrogen and oxygen atoms in total. The molecule has 0 aliphatic carbocycles. The lowest BCUT2D eigenvalue weighted by molar-refractivity contribution is 0.387. The number of halogens is 4. The van der Waals surface area contributed by atoms with Crippen molar-refractivity contribution in [1.29, 1.82) is 0 Å². The molecule has 0 fully saturated rings. The molecule has 3 aromatic heterocycles. The van der Waals surface area contributed by atoms with Crippen LogP contribution in [0.15, 0.2) is 364 Å². The van der Waals surface area contributed by atoms with E-state index >= 15 is 0 Å². The Hall–Kier alpha value is -16.4. The largest absolute Gasteiger partial charge is 0.452 e. The fourth-order valence-corrected chi connectivity index (χ4v) is 16.0. The summed E-state index contributed by atoms with van der Waals surface area (Å²) in [6, 6.07) is 109. The van der Waals surface area contributed by atoms with E-state index in [-0.39, 0.29) is 179 Å². The summed E-state index contributed by atoms with van der Waals surface area (Å²) in [5, 5.41) is 0.257. The first-order valence-corrected chi connectivity index (χ1v) is 41.8. The van der Waals surface area contributed by atoms with Crippen molar-refractivity contribution >= 4 is 90.5 Å². The summed E-state index contributed by atoms with van der Waals surface area (Å²) in [6.45, 7) is 0. The smallest absolute Gasteiger partial charge is 0.214 e. The van der Waals surface area contributed by atoms with Crippen molar-refractivity contribution in [3.05, 3.63) is 384 Å². The molecule has 0 amide bonds. The summed E-state index contributed by atoms with van der Waals surface area (Å²) in [7, 11) is 0. The van der Waals surface area contributed by atoms with Gasteiger partial charge in [0.15, 0.2) is 69.3 Å². The minimum absolute atomic E-state index is 0.000904. The Morgan fingerprint density at radius 3 is 0.516 bits per heavy atom. The summed E-state index contributed by atoms with van der Waals surface area (Å²) < 4.78 is 86.4. The number of aromatic amines is 2. The van der Waals surface area contributed by atoms with Crippen LogP contribution < -0.4 is 56.8 Å². The first-order chi connectivity index (χ1) is 63.1. The Morgan fingerprint density at radius 2 is 0.305 bits per heavy atom. The highest BCUT2D eigenvalue weighted by atomic mass is 35.5. The van der Waals surface area contributed by atoms with Gasteiger partial charge in [-0.25, -0.2) is 29.9 Å². The number of hydrogen-bond acceptors (Lipinski definition) is 18. The van der Waals surface area contributed by atoms with Gasteiger partial charge in [-0.1, -0.05) is 265 Å². The summed E-state index contributed by atoms with van der Waals surface area (Å²) in [4.78, 5) is 41.5. The minimum Gasteiger partial charge on any atom is -0.452 e. The van der Waals surface area contributed by atoms with Gasteiger partial charge < -0.3 is 66.8 Å². The summed E-state index contributed by atoms with van der Waals surface area (Å²) in [5.74, 6) is 3.71. The van der Waals surface area contributed by atoms with Crippen molar-refractivity contribution < 1.29 is 56.8 Å². The van der Waals surface area contributed by atoms with E-state index < -0.39 is 0 Å². The van der Waals surface area contributed by atoms with Crippen LogP contribution in [0.1, 0.15) is 0 Å². The molecule has 0 saturated carbocycles. The Morgan fingerprint density at radius 1 is 0.148 bits per heavy atom. The number of H-pyrrole nitrogens is 2. The third kappa shape index (κ3) is 15.6. The molecule has 2 aliphatic rings. The summed E-state index contributed by atoms with van der Waals surface area (Å²) >= 11 is 33.4. The average Bonchev–Trinajstić information content (AvgIpc) is 1.55. The molecule has 8 bridgehead atoms. The first kappa shape index (κ1) is 78.9. The second-order valence-corrected chi connectivity index (χ2v) is 30.3. The van der Waals surface area contributed by atoms with E-state index in [2.05, 4.69) is 9.97 Å². The van der Waals surface area contributed by atoms with Crippen LogP contribution in [0.3, 0.4) is 0 Å². The van der Waals surface area contributed by atoms with Crippen molar-refractivity contribution in [2.24, 2.45) is 0 Å². The highest BCUT2D eigenvalue weighted by Crippen LogP contribution is 2.64. The van der Waals surface area contributed by atoms with Gasteiger partial charge in [0.25, 0.3) is 0 Å². The summed E-state index contributed by atoms with van der Waals surface area (Å²) in [6.07, 6.45) is 0. The lowest BCUT2D eigenvalue weighted by Crippen LogP contribution is -2.00. The molecule has 24 heteroatoms. The average molecular weight is 1760 g/mol. The molecule has 0 unspecified atom stereocenters. The number of ether oxygens (including phenoxy) is 12. The zero-order valence-corrected chi connectivity index (χ0v) is 69.8. The van der Waals surface area contributed by atoms with E-state index in [1.54, 1.807) is 146 Å². The Kier molecular flexibility index (Phi) is 21.4. The van der Waals surface area contributed by atoms with E-state index in [0.717, 1.165) is 0 Å². The van der Waals surface area contributed by atoms with E-state index in [0.29, 0.717) is 69.0 Å². The van der Waals surface area contributed by atoms with Crippen LogP contribution in [0.4, 0.5) is 0 Å². The van der Waals surface area contributed by atoms with Gasteiger partial charge in [0.05, 0.1) is 63.9 Å². The minimum atomic E-state index is -0.116. The number of aromatic nitrogens is 8. The van der Waals surface area contributed by atoms with Gasteiger partial charge in [-0.2, -0.15) is 0 Å². The number of para-hydroxylation sites is 12. The first-order valence-electron chi connectivity index (χ1n) is 40.3. The molecule has 0 atom stereocenters. The number of rotatable bonds is 24. The van der Waals surface area contributed by atoms with E-state index in [1.165, 1.54) is 0 Å². The lowest BCUT2D eigenvalue weighted by Gasteiger charge is -2.21. The van der Waals surface area contributed by atoms with Crippen molar-refractivity contribution in [2.75, 3.05) is 0 Å². The number of nitrogens with one attached hydrogen (secondary N) is 2. The van der Waals surface area contributed by atoms with Gasteiger partial charge in [0.1, 0.15) is 91.6 Å². The van der Waals surface area contributed by atoms with Gasteiger partial charge in [-0.15, -0.1) is 0 Å². The van der Waals surface area contributed by atoms with Crippen molar-refractivity contribution in [3.63, 3.8) is 0 Å². The quantitative estimate of drug-likeness (QED) is 0.0574. The number of fused-ring (bicyclic) bond motifs is 20. The van der Waals surface area contributed by atoms with Crippen molar-refractivity contribution in [3.8, 4) is 184 Å². The molecular formula is C104H62Cl4N8O12. The normalized spacial score (nSPS) is 11.3. The fourth-order valence-electron chi connectivity index (χ4n) is 14.7. The van der Waals surface area contributed by atoms with Crippen molar-refractivity contribution in [2.45, 2.75) is 0 Å². The maximum atomic E-state index is 8.35. The second-order valence-electron chi connectivity index (χ2n) is 28.8. The fraction of sp³-hybridized carbons (Fsp3) is 0. The van der Waals surface area contributed by atoms with Crippen LogP contribution in [-0.2, 0) is 0 Å². The summed E-state index contributed by atoms with van der Waals surface area (Å²) in [5.41, 5.74) is 0.336. The van der Waals surface area contributed by atoms with E-state index in [4.69, 9.17) is 133 Å². The lowest BCUT2D eigenvalue weighted by atomic mass is 10.0. The van der Waals surface area contributed by atoms with Crippen LogP contribution in [0.25, 0.3) is 89.7 Å². The highest BCUT2D eigenvalue weighted by molar-refractivity contribution is 6.42. The molecule has 0 radical (unpaired) electrons. The predicted octanol–water partition coefficient (Wildman–Crippen LogP) is 31.0. The molecule has 0 saturated heterocycles. The maximum absolute atomic E-state index is 8.35. The van der Waals surface area contributed by atoms with Gasteiger partial charge in [0.2, 0.25) is 23.0 Å². The Bertz CT molecular complexity index is 7130. The Balaban J connectivity index is 1.00. The molecule has 618 valence electrons. The van der Waals surface area contributed by atoms with Crippen LogP contribution in [0.2, 0.25) is 20.1 Å². The SMILES string of the molecule is Clc1c(Oc2ccccc2)c(Oc2ccccc2)c(Oc2ccccc2)c2c1-c1nc-2nc2[nH]c(nc3nc(nc4[nH]c(n1)c1c(Oc5ccccc5)c(Oc5ccccc5)c(Oc5ccccc5)c(Cl)c41)-c1c(Oc4ccccc4)c(Oc4ccccc4)c(Oc4ccccc4)c(Cl)c1-3)c1c(Oc3ccccc3)c(Oc3ccccc3)c(Oc3ccccc3)c(Cl)c21. The predicted molar refractivity (Wildman–Crippen MR) is 494 cm³/mol. The van der Waals surface area contributed by atoms with Crippen LogP contribution in [0, 0.1) is 0 Å². The van der Waals surface area contributed by atoms with E-state index in [9.17, 15) is 0 Å². The van der Waals surface area contributed by atoms with Crippen LogP contribution in [0.5, 0.6) is 138 Å². The zero-order valence-electron chi connectivity index (χ0n) is 66.7. The molecule has 19 aromatic rings. The number of nitrogens with zero attached hydrogens (tertiary/aromatic N) is 6. The number of hydrogen-bond donors (Lipinski definition) is 2. The molecule has 2 aliphatic heterocycles. The molecule has 5 heterocycles. The van der Waals surface area contributed by atoms with Crippen LogP contribution in [-0.4, -0.2) is 39.9 Å². The topological polar surface area (TPSA) is 220 Å². The van der Waals surface area contributed by atoms with Gasteiger partial charge in [-0.05, 0) is 146 Å². The highest BCUT2D eigenvalue weighted by Gasteiger charge is 2.41. The third-order valence-corrected chi connectivity index (χ3v) is 21.8. The second kappa shape index (κ2) is 34.7. The molecule has 16 aromatic carbocycles. The molecule has 2 N–H and O–H groups in total. The van der Waals surface area contributed by atoms with Crippen molar-refractivity contribution in [1.82, 2.24) is 39.9 Å². The van der Waals surface area contributed by atoms with Crippen LogP contribution >= 0.6 is 46.4 Å². The third-order valence-electron chi connectivity index (χ3n) is 20.4. The molecular weight excluding hydrogens is 1690 g/mol.